The fourth-order valence-electron chi connectivity index (χ4n) is 1.66. The zero-order chi connectivity index (χ0) is 10.7. The van der Waals surface area contributed by atoms with Crippen molar-refractivity contribution < 1.29 is 0 Å². The van der Waals surface area contributed by atoms with Crippen LogP contribution in [0.5, 0.6) is 0 Å². The summed E-state index contributed by atoms with van der Waals surface area (Å²) in [5, 5.41) is 0. The quantitative estimate of drug-likeness (QED) is 0.726. The van der Waals surface area contributed by atoms with E-state index >= 15 is 0 Å². The summed E-state index contributed by atoms with van der Waals surface area (Å²) >= 11 is 0. The lowest BCUT2D eigenvalue weighted by Gasteiger charge is -2.16. The number of benzene rings is 1. The molecule has 0 radical (unpaired) electrons. The van der Waals surface area contributed by atoms with Crippen LogP contribution in [0.2, 0.25) is 0 Å². The van der Waals surface area contributed by atoms with E-state index in [4.69, 9.17) is 5.73 Å². The highest BCUT2D eigenvalue weighted by molar-refractivity contribution is 5.35. The Balaban J connectivity index is 2.95. The van der Waals surface area contributed by atoms with Crippen LogP contribution in [0.1, 0.15) is 36.1 Å². The zero-order valence-corrected chi connectivity index (χ0v) is 9.30. The molecule has 0 aliphatic heterocycles. The normalized spacial score (nSPS) is 12.6. The molecule has 0 saturated heterocycles. The monoisotopic (exact) mass is 189 g/mol. The first-order valence-electron chi connectivity index (χ1n) is 4.98. The van der Waals surface area contributed by atoms with E-state index in [9.17, 15) is 0 Å². The van der Waals surface area contributed by atoms with E-state index in [-0.39, 0.29) is 6.04 Å². The third kappa shape index (κ3) is 2.46. The molecule has 1 atom stereocenters. The van der Waals surface area contributed by atoms with Crippen molar-refractivity contribution in [2.75, 3.05) is 0 Å². The first-order chi connectivity index (χ1) is 6.52. The Morgan fingerprint density at radius 2 is 2.07 bits per heavy atom. The highest BCUT2D eigenvalue weighted by Crippen LogP contribution is 2.22. The molecule has 0 saturated carbocycles. The number of aryl methyl sites for hydroxylation is 1. The van der Waals surface area contributed by atoms with Gasteiger partial charge in [-0.3, -0.25) is 0 Å². The maximum atomic E-state index is 6.10. The molecule has 14 heavy (non-hydrogen) atoms. The molecule has 0 aromatic heterocycles. The Labute approximate surface area is 86.6 Å². The van der Waals surface area contributed by atoms with Crippen molar-refractivity contribution in [3.63, 3.8) is 0 Å². The Kier molecular flexibility index (Phi) is 3.48. The van der Waals surface area contributed by atoms with Crippen LogP contribution in [-0.2, 0) is 0 Å². The molecule has 0 aliphatic rings. The Hall–Kier alpha value is -1.08. The summed E-state index contributed by atoms with van der Waals surface area (Å²) in [6, 6.07) is 6.38. The van der Waals surface area contributed by atoms with Gasteiger partial charge in [0.15, 0.2) is 0 Å². The molecule has 1 aromatic rings. The fourth-order valence-corrected chi connectivity index (χ4v) is 1.66. The molecule has 1 nitrogen and oxygen atoms in total. The molecule has 1 heteroatoms. The second-order valence-electron chi connectivity index (χ2n) is 4.06. The molecular formula is C13H19N. The molecule has 0 heterocycles. The van der Waals surface area contributed by atoms with E-state index in [0.717, 1.165) is 12.0 Å². The van der Waals surface area contributed by atoms with E-state index < -0.39 is 0 Å². The lowest BCUT2D eigenvalue weighted by Crippen LogP contribution is -2.12. The Morgan fingerprint density at radius 1 is 1.43 bits per heavy atom. The average molecular weight is 189 g/mol. The predicted octanol–water partition coefficient (Wildman–Crippen LogP) is 3.27. The Morgan fingerprint density at radius 3 is 2.64 bits per heavy atom. The van der Waals surface area contributed by atoms with Gasteiger partial charge in [0, 0.05) is 6.04 Å². The van der Waals surface area contributed by atoms with Gasteiger partial charge in [0.1, 0.15) is 0 Å². The van der Waals surface area contributed by atoms with Gasteiger partial charge in [0.2, 0.25) is 0 Å². The van der Waals surface area contributed by atoms with E-state index in [1.165, 1.54) is 16.7 Å². The van der Waals surface area contributed by atoms with E-state index in [2.05, 4.69) is 38.6 Å². The SMILES string of the molecule is C=C(C)C[C@@H](N)c1cccc(C)c1C. The summed E-state index contributed by atoms with van der Waals surface area (Å²) in [5.41, 5.74) is 11.1. The first kappa shape index (κ1) is 11.0. The van der Waals surface area contributed by atoms with Gasteiger partial charge in [0.25, 0.3) is 0 Å². The Bertz CT molecular complexity index is 339. The lowest BCUT2D eigenvalue weighted by molar-refractivity contribution is 0.711. The molecule has 1 rings (SSSR count). The molecule has 2 N–H and O–H groups in total. The third-order valence-corrected chi connectivity index (χ3v) is 2.61. The summed E-state index contributed by atoms with van der Waals surface area (Å²) in [7, 11) is 0. The van der Waals surface area contributed by atoms with Crippen LogP contribution >= 0.6 is 0 Å². The van der Waals surface area contributed by atoms with Crippen LogP contribution in [0.25, 0.3) is 0 Å². The fraction of sp³-hybridized carbons (Fsp3) is 0.385. The highest BCUT2D eigenvalue weighted by Gasteiger charge is 2.09. The summed E-state index contributed by atoms with van der Waals surface area (Å²) in [6.07, 6.45) is 0.865. The van der Waals surface area contributed by atoms with E-state index in [0.29, 0.717) is 0 Å². The molecule has 0 aliphatic carbocycles. The summed E-state index contributed by atoms with van der Waals surface area (Å²) in [4.78, 5) is 0. The third-order valence-electron chi connectivity index (χ3n) is 2.61. The molecular weight excluding hydrogens is 170 g/mol. The van der Waals surface area contributed by atoms with Crippen LogP contribution in [0, 0.1) is 13.8 Å². The minimum atomic E-state index is 0.0902. The first-order valence-corrected chi connectivity index (χ1v) is 4.98. The number of nitrogens with two attached hydrogens (primary N) is 1. The maximum Gasteiger partial charge on any atom is 0.0335 e. The minimum Gasteiger partial charge on any atom is -0.324 e. The number of hydrogen-bond donors (Lipinski definition) is 1. The van der Waals surface area contributed by atoms with Gasteiger partial charge in [-0.05, 0) is 43.9 Å². The number of hydrogen-bond acceptors (Lipinski definition) is 1. The zero-order valence-electron chi connectivity index (χ0n) is 9.30. The predicted molar refractivity (Wildman–Crippen MR) is 62.3 cm³/mol. The second kappa shape index (κ2) is 4.43. The topological polar surface area (TPSA) is 26.0 Å². The van der Waals surface area contributed by atoms with E-state index in [1.807, 2.05) is 6.92 Å². The highest BCUT2D eigenvalue weighted by atomic mass is 14.6. The molecule has 76 valence electrons. The van der Waals surface area contributed by atoms with E-state index in [1.54, 1.807) is 0 Å². The second-order valence-corrected chi connectivity index (χ2v) is 4.06. The average Bonchev–Trinajstić information content (AvgIpc) is 2.08. The van der Waals surface area contributed by atoms with Gasteiger partial charge >= 0.3 is 0 Å². The van der Waals surface area contributed by atoms with Crippen molar-refractivity contribution in [1.29, 1.82) is 0 Å². The van der Waals surface area contributed by atoms with Gasteiger partial charge in [-0.2, -0.15) is 0 Å². The van der Waals surface area contributed by atoms with Gasteiger partial charge < -0.3 is 5.73 Å². The van der Waals surface area contributed by atoms with Gasteiger partial charge in [-0.25, -0.2) is 0 Å². The van der Waals surface area contributed by atoms with Crippen LogP contribution in [0.3, 0.4) is 0 Å². The van der Waals surface area contributed by atoms with Crippen molar-refractivity contribution in [3.05, 3.63) is 47.0 Å². The van der Waals surface area contributed by atoms with Crippen molar-refractivity contribution in [2.24, 2.45) is 5.73 Å². The van der Waals surface area contributed by atoms with Crippen LogP contribution in [0.4, 0.5) is 0 Å². The number of rotatable bonds is 3. The minimum absolute atomic E-state index is 0.0902. The molecule has 0 spiro atoms. The standard InChI is InChI=1S/C13H19N/c1-9(2)8-13(14)12-7-5-6-10(3)11(12)4/h5-7,13H,1,8,14H2,2-4H3/t13-/m1/s1. The molecule has 0 bridgehead atoms. The van der Waals surface area contributed by atoms with Crippen molar-refractivity contribution in [3.8, 4) is 0 Å². The maximum absolute atomic E-state index is 6.10. The van der Waals surface area contributed by atoms with Crippen LogP contribution in [0.15, 0.2) is 30.4 Å². The molecule has 1 aromatic carbocycles. The van der Waals surface area contributed by atoms with Crippen molar-refractivity contribution in [2.45, 2.75) is 33.2 Å². The van der Waals surface area contributed by atoms with Crippen LogP contribution < -0.4 is 5.73 Å². The van der Waals surface area contributed by atoms with Gasteiger partial charge in [-0.1, -0.05) is 23.8 Å². The summed E-state index contributed by atoms with van der Waals surface area (Å²) in [5.74, 6) is 0. The summed E-state index contributed by atoms with van der Waals surface area (Å²) < 4.78 is 0. The molecule has 0 unspecified atom stereocenters. The van der Waals surface area contributed by atoms with Crippen molar-refractivity contribution in [1.82, 2.24) is 0 Å². The largest absolute Gasteiger partial charge is 0.324 e. The van der Waals surface area contributed by atoms with Gasteiger partial charge in [-0.15, -0.1) is 6.58 Å². The molecule has 0 fully saturated rings. The smallest absolute Gasteiger partial charge is 0.0335 e. The summed E-state index contributed by atoms with van der Waals surface area (Å²) in [6.45, 7) is 10.2. The van der Waals surface area contributed by atoms with Crippen molar-refractivity contribution >= 4 is 0 Å². The lowest BCUT2D eigenvalue weighted by atomic mass is 9.94. The van der Waals surface area contributed by atoms with Gasteiger partial charge in [0.05, 0.1) is 0 Å². The van der Waals surface area contributed by atoms with Crippen LogP contribution in [-0.4, -0.2) is 0 Å². The molecule has 0 amide bonds.